The van der Waals surface area contributed by atoms with Crippen LogP contribution in [0.4, 0.5) is 0 Å². The molecule has 0 atom stereocenters. The van der Waals surface area contributed by atoms with E-state index in [2.05, 4.69) is 52.1 Å². The van der Waals surface area contributed by atoms with E-state index < -0.39 is 0 Å². The van der Waals surface area contributed by atoms with Gasteiger partial charge in [0.25, 0.3) is 0 Å². The SMILES string of the molecule is Bc1ccc(B)c2ccccc12. The van der Waals surface area contributed by atoms with E-state index in [1.165, 1.54) is 21.7 Å². The molecule has 0 nitrogen and oxygen atoms in total. The molecule has 0 aromatic heterocycles. The van der Waals surface area contributed by atoms with Crippen molar-refractivity contribution in [1.82, 2.24) is 0 Å². The van der Waals surface area contributed by atoms with Gasteiger partial charge >= 0.3 is 0 Å². The molecule has 56 valence electrons. The van der Waals surface area contributed by atoms with Crippen LogP contribution < -0.4 is 10.9 Å². The molecule has 0 N–H and O–H groups in total. The van der Waals surface area contributed by atoms with Gasteiger partial charge in [-0.05, 0) is 10.8 Å². The Kier molecular flexibility index (Phi) is 1.69. The molecule has 0 heterocycles. The van der Waals surface area contributed by atoms with Gasteiger partial charge in [0.1, 0.15) is 15.7 Å². The molecule has 0 saturated heterocycles. The predicted molar refractivity (Wildman–Crippen MR) is 60.3 cm³/mol. The van der Waals surface area contributed by atoms with Crippen molar-refractivity contribution in [2.45, 2.75) is 0 Å². The van der Waals surface area contributed by atoms with Gasteiger partial charge in [-0.15, -0.1) is 0 Å². The molecule has 0 aliphatic heterocycles. The number of hydrogen-bond acceptors (Lipinski definition) is 0. The standard InChI is InChI=1S/C10H10B2/c11-9-5-6-10(12)8-4-2-1-3-7(8)9/h1-6H,11-12H2. The van der Waals surface area contributed by atoms with Crippen molar-refractivity contribution in [3.05, 3.63) is 36.4 Å². The third-order valence-electron chi connectivity index (χ3n) is 2.36. The molecular formula is C10H10B2. The van der Waals surface area contributed by atoms with Crippen LogP contribution in [0.5, 0.6) is 0 Å². The van der Waals surface area contributed by atoms with Crippen LogP contribution in [0.1, 0.15) is 0 Å². The minimum Gasteiger partial charge on any atom is -0.0813 e. The van der Waals surface area contributed by atoms with Crippen LogP contribution in [0, 0.1) is 0 Å². The topological polar surface area (TPSA) is 0 Å². The zero-order chi connectivity index (χ0) is 8.55. The molecule has 0 fully saturated rings. The lowest BCUT2D eigenvalue weighted by Crippen LogP contribution is -2.12. The van der Waals surface area contributed by atoms with Gasteiger partial charge in [0.15, 0.2) is 0 Å². The van der Waals surface area contributed by atoms with Crippen LogP contribution in [0.2, 0.25) is 0 Å². The Balaban J connectivity index is 2.95. The summed E-state index contributed by atoms with van der Waals surface area (Å²) in [5.74, 6) is 0. The summed E-state index contributed by atoms with van der Waals surface area (Å²) in [6.07, 6.45) is 0. The largest absolute Gasteiger partial charge is 0.140 e. The highest BCUT2D eigenvalue weighted by Gasteiger charge is 1.97. The van der Waals surface area contributed by atoms with Gasteiger partial charge in [0.2, 0.25) is 0 Å². The summed E-state index contributed by atoms with van der Waals surface area (Å²) in [4.78, 5) is 0. The van der Waals surface area contributed by atoms with Gasteiger partial charge in [-0.2, -0.15) is 0 Å². The Morgan fingerprint density at radius 2 is 1.08 bits per heavy atom. The first-order valence-corrected chi connectivity index (χ1v) is 4.24. The van der Waals surface area contributed by atoms with Gasteiger partial charge in [0.05, 0.1) is 0 Å². The second-order valence-electron chi connectivity index (χ2n) is 3.24. The third-order valence-corrected chi connectivity index (χ3v) is 2.36. The summed E-state index contributed by atoms with van der Waals surface area (Å²) >= 11 is 0. The molecule has 12 heavy (non-hydrogen) atoms. The van der Waals surface area contributed by atoms with Crippen LogP contribution in [0.25, 0.3) is 10.8 Å². The molecule has 0 unspecified atom stereocenters. The zero-order valence-electron chi connectivity index (χ0n) is 7.46. The van der Waals surface area contributed by atoms with E-state index in [4.69, 9.17) is 0 Å². The summed E-state index contributed by atoms with van der Waals surface area (Å²) in [5, 5.41) is 2.75. The average Bonchev–Trinajstić information content (AvgIpc) is 2.12. The average molecular weight is 152 g/mol. The highest BCUT2D eigenvalue weighted by Crippen LogP contribution is 2.06. The number of fused-ring (bicyclic) bond motifs is 1. The minimum atomic E-state index is 1.36. The molecule has 0 spiro atoms. The first kappa shape index (κ1) is 7.48. The fraction of sp³-hybridized carbons (Fsp3) is 0. The third kappa shape index (κ3) is 1.04. The number of rotatable bonds is 0. The normalized spacial score (nSPS) is 10.3. The van der Waals surface area contributed by atoms with E-state index in [-0.39, 0.29) is 0 Å². The van der Waals surface area contributed by atoms with E-state index in [1.54, 1.807) is 0 Å². The maximum absolute atomic E-state index is 2.18. The molecule has 0 saturated carbocycles. The molecule has 2 aromatic rings. The fourth-order valence-corrected chi connectivity index (χ4v) is 1.60. The first-order chi connectivity index (χ1) is 5.79. The lowest BCUT2D eigenvalue weighted by atomic mass is 9.83. The van der Waals surface area contributed by atoms with Crippen molar-refractivity contribution in [2.75, 3.05) is 0 Å². The van der Waals surface area contributed by atoms with Crippen molar-refractivity contribution in [3.8, 4) is 0 Å². The maximum Gasteiger partial charge on any atom is 0.140 e. The monoisotopic (exact) mass is 152 g/mol. The Labute approximate surface area is 74.4 Å². The van der Waals surface area contributed by atoms with E-state index >= 15 is 0 Å². The Morgan fingerprint density at radius 1 is 0.667 bits per heavy atom. The van der Waals surface area contributed by atoms with Crippen molar-refractivity contribution in [3.63, 3.8) is 0 Å². The van der Waals surface area contributed by atoms with Gasteiger partial charge in [-0.3, -0.25) is 0 Å². The second kappa shape index (κ2) is 2.71. The molecule has 2 aromatic carbocycles. The maximum atomic E-state index is 2.18. The van der Waals surface area contributed by atoms with Gasteiger partial charge in [-0.25, -0.2) is 0 Å². The zero-order valence-corrected chi connectivity index (χ0v) is 7.46. The molecule has 0 radical (unpaired) electrons. The lowest BCUT2D eigenvalue weighted by Gasteiger charge is -2.04. The summed E-state index contributed by atoms with van der Waals surface area (Å²) < 4.78 is 0. The molecule has 0 amide bonds. The second-order valence-corrected chi connectivity index (χ2v) is 3.24. The molecule has 2 heteroatoms. The lowest BCUT2D eigenvalue weighted by molar-refractivity contribution is 1.81. The number of benzene rings is 2. The first-order valence-electron chi connectivity index (χ1n) is 4.24. The fourth-order valence-electron chi connectivity index (χ4n) is 1.60. The van der Waals surface area contributed by atoms with E-state index in [0.717, 1.165) is 0 Å². The number of hydrogen-bond donors (Lipinski definition) is 0. The van der Waals surface area contributed by atoms with Crippen molar-refractivity contribution in [1.29, 1.82) is 0 Å². The van der Waals surface area contributed by atoms with Gasteiger partial charge in [0, 0.05) is 0 Å². The van der Waals surface area contributed by atoms with Crippen LogP contribution in [0.3, 0.4) is 0 Å². The molecular weight excluding hydrogens is 142 g/mol. The van der Waals surface area contributed by atoms with Crippen LogP contribution in [0.15, 0.2) is 36.4 Å². The van der Waals surface area contributed by atoms with Crippen molar-refractivity contribution in [2.24, 2.45) is 0 Å². The molecule has 0 bridgehead atoms. The van der Waals surface area contributed by atoms with E-state index in [1.807, 2.05) is 0 Å². The summed E-state index contributed by atoms with van der Waals surface area (Å²) in [7, 11) is 4.31. The molecule has 0 aliphatic carbocycles. The summed E-state index contributed by atoms with van der Waals surface area (Å²) in [5.41, 5.74) is 2.72. The summed E-state index contributed by atoms with van der Waals surface area (Å²) in [6, 6.07) is 12.9. The van der Waals surface area contributed by atoms with Crippen LogP contribution in [-0.2, 0) is 0 Å². The van der Waals surface area contributed by atoms with Crippen LogP contribution >= 0.6 is 0 Å². The smallest absolute Gasteiger partial charge is 0.0813 e. The quantitative estimate of drug-likeness (QED) is 0.440. The van der Waals surface area contributed by atoms with Crippen molar-refractivity contribution < 1.29 is 0 Å². The molecule has 2 rings (SSSR count). The highest BCUT2D eigenvalue weighted by atomic mass is 14.0. The Bertz CT molecular complexity index is 381. The minimum absolute atomic E-state index is 1.36. The van der Waals surface area contributed by atoms with Crippen molar-refractivity contribution >= 4 is 37.4 Å². The Morgan fingerprint density at radius 3 is 1.50 bits per heavy atom. The molecule has 0 aliphatic rings. The van der Waals surface area contributed by atoms with Gasteiger partial charge in [-0.1, -0.05) is 47.3 Å². The highest BCUT2D eigenvalue weighted by molar-refractivity contribution is 6.44. The predicted octanol–water partition coefficient (Wildman–Crippen LogP) is -0.643. The Hall–Kier alpha value is -1.17. The summed E-state index contributed by atoms with van der Waals surface area (Å²) in [6.45, 7) is 0. The van der Waals surface area contributed by atoms with Gasteiger partial charge < -0.3 is 0 Å². The van der Waals surface area contributed by atoms with E-state index in [9.17, 15) is 0 Å². The van der Waals surface area contributed by atoms with E-state index in [0.29, 0.717) is 0 Å². The van der Waals surface area contributed by atoms with Crippen LogP contribution in [-0.4, -0.2) is 15.7 Å².